The van der Waals surface area contributed by atoms with E-state index in [2.05, 4.69) is 10.4 Å². The molecule has 0 aliphatic rings. The third-order valence-electron chi connectivity index (χ3n) is 3.14. The van der Waals surface area contributed by atoms with E-state index in [1.54, 1.807) is 16.0 Å². The third kappa shape index (κ3) is 3.19. The Bertz CT molecular complexity index is 590. The molecule has 0 aliphatic carbocycles. The normalized spacial score (nSPS) is 12.2. The molecule has 0 saturated carbocycles. The standard InChI is InChI=1S/C14H19N3O2S/c1-9(12-6-5-7-20-12)15-13(18)8-19-14-10(2)16-17(4)11(14)3/h5-7,9H,8H2,1-4H3,(H,15,18). The Balaban J connectivity index is 1.89. The van der Waals surface area contributed by atoms with Crippen LogP contribution in [0.2, 0.25) is 0 Å². The molecule has 0 bridgehead atoms. The fourth-order valence-electron chi connectivity index (χ4n) is 1.99. The SMILES string of the molecule is Cc1nn(C)c(C)c1OCC(=O)NC(C)c1cccs1. The van der Waals surface area contributed by atoms with Gasteiger partial charge in [0.25, 0.3) is 5.91 Å². The van der Waals surface area contributed by atoms with Gasteiger partial charge in [-0.05, 0) is 32.2 Å². The van der Waals surface area contributed by atoms with E-state index in [0.717, 1.165) is 16.3 Å². The van der Waals surface area contributed by atoms with Crippen molar-refractivity contribution in [1.29, 1.82) is 0 Å². The van der Waals surface area contributed by atoms with Crippen molar-refractivity contribution in [3.63, 3.8) is 0 Å². The number of carbonyl (C=O) groups excluding carboxylic acids is 1. The summed E-state index contributed by atoms with van der Waals surface area (Å²) in [5, 5.41) is 9.17. The molecule has 1 N–H and O–H groups in total. The fraction of sp³-hybridized carbons (Fsp3) is 0.429. The van der Waals surface area contributed by atoms with Crippen molar-refractivity contribution in [3.05, 3.63) is 33.8 Å². The number of ether oxygens (including phenoxy) is 1. The number of aryl methyl sites for hydroxylation is 2. The van der Waals surface area contributed by atoms with Gasteiger partial charge in [0, 0.05) is 11.9 Å². The molecular weight excluding hydrogens is 274 g/mol. The van der Waals surface area contributed by atoms with Crippen molar-refractivity contribution in [2.24, 2.45) is 7.05 Å². The van der Waals surface area contributed by atoms with E-state index in [1.165, 1.54) is 0 Å². The molecule has 1 amide bonds. The minimum atomic E-state index is -0.131. The van der Waals surface area contributed by atoms with Gasteiger partial charge in [-0.2, -0.15) is 5.10 Å². The van der Waals surface area contributed by atoms with Gasteiger partial charge in [-0.15, -0.1) is 11.3 Å². The molecule has 0 spiro atoms. The lowest BCUT2D eigenvalue weighted by atomic mass is 10.3. The maximum Gasteiger partial charge on any atom is 0.258 e. The number of amides is 1. The molecule has 0 aliphatic heterocycles. The molecule has 0 aromatic carbocycles. The predicted molar refractivity (Wildman–Crippen MR) is 79.1 cm³/mol. The highest BCUT2D eigenvalue weighted by molar-refractivity contribution is 7.10. The summed E-state index contributed by atoms with van der Waals surface area (Å²) >= 11 is 1.63. The van der Waals surface area contributed by atoms with Gasteiger partial charge in [0.2, 0.25) is 0 Å². The summed E-state index contributed by atoms with van der Waals surface area (Å²) in [7, 11) is 1.86. The topological polar surface area (TPSA) is 56.2 Å². The van der Waals surface area contributed by atoms with E-state index >= 15 is 0 Å². The lowest BCUT2D eigenvalue weighted by Gasteiger charge is -2.12. The second-order valence-electron chi connectivity index (χ2n) is 4.72. The molecule has 6 heteroatoms. The van der Waals surface area contributed by atoms with Crippen molar-refractivity contribution >= 4 is 17.2 Å². The van der Waals surface area contributed by atoms with E-state index in [4.69, 9.17) is 4.74 Å². The number of hydrogen-bond acceptors (Lipinski definition) is 4. The number of hydrogen-bond donors (Lipinski definition) is 1. The average molecular weight is 293 g/mol. The van der Waals surface area contributed by atoms with E-state index in [0.29, 0.717) is 5.75 Å². The van der Waals surface area contributed by atoms with Gasteiger partial charge < -0.3 is 10.1 Å². The Hall–Kier alpha value is -1.82. The lowest BCUT2D eigenvalue weighted by Crippen LogP contribution is -2.31. The van der Waals surface area contributed by atoms with Crippen molar-refractivity contribution in [3.8, 4) is 5.75 Å². The highest BCUT2D eigenvalue weighted by Gasteiger charge is 2.14. The Morgan fingerprint density at radius 2 is 2.30 bits per heavy atom. The number of thiophene rings is 1. The van der Waals surface area contributed by atoms with Gasteiger partial charge in [-0.25, -0.2) is 0 Å². The zero-order valence-electron chi connectivity index (χ0n) is 12.1. The molecule has 1 atom stereocenters. The zero-order valence-corrected chi connectivity index (χ0v) is 13.0. The Morgan fingerprint density at radius 1 is 1.55 bits per heavy atom. The quantitative estimate of drug-likeness (QED) is 0.920. The number of nitrogens with one attached hydrogen (secondary N) is 1. The first-order chi connectivity index (χ1) is 9.49. The third-order valence-corrected chi connectivity index (χ3v) is 4.19. The first-order valence-corrected chi connectivity index (χ1v) is 7.32. The van der Waals surface area contributed by atoms with Crippen molar-refractivity contribution < 1.29 is 9.53 Å². The lowest BCUT2D eigenvalue weighted by molar-refractivity contribution is -0.123. The molecule has 20 heavy (non-hydrogen) atoms. The maximum absolute atomic E-state index is 11.9. The molecule has 2 aromatic rings. The van der Waals surface area contributed by atoms with Crippen LogP contribution in [-0.2, 0) is 11.8 Å². The minimum Gasteiger partial charge on any atom is -0.480 e. The van der Waals surface area contributed by atoms with Crippen LogP contribution in [0.15, 0.2) is 17.5 Å². The van der Waals surface area contributed by atoms with Crippen LogP contribution in [-0.4, -0.2) is 22.3 Å². The van der Waals surface area contributed by atoms with Gasteiger partial charge in [-0.1, -0.05) is 6.07 Å². The molecular formula is C14H19N3O2S. The second-order valence-corrected chi connectivity index (χ2v) is 5.70. The summed E-state index contributed by atoms with van der Waals surface area (Å²) in [6, 6.07) is 3.98. The van der Waals surface area contributed by atoms with Crippen LogP contribution in [0.5, 0.6) is 5.75 Å². The predicted octanol–water partition coefficient (Wildman–Crippen LogP) is 2.35. The second kappa shape index (κ2) is 6.09. The Morgan fingerprint density at radius 3 is 2.85 bits per heavy atom. The monoisotopic (exact) mass is 293 g/mol. The fourth-order valence-corrected chi connectivity index (χ4v) is 2.73. The van der Waals surface area contributed by atoms with Crippen LogP contribution in [0.25, 0.3) is 0 Å². The molecule has 2 heterocycles. The highest BCUT2D eigenvalue weighted by Crippen LogP contribution is 2.21. The Labute approximate surface area is 122 Å². The molecule has 0 fully saturated rings. The highest BCUT2D eigenvalue weighted by atomic mass is 32.1. The van der Waals surface area contributed by atoms with Crippen LogP contribution >= 0.6 is 11.3 Å². The van der Waals surface area contributed by atoms with Crippen molar-refractivity contribution in [1.82, 2.24) is 15.1 Å². The van der Waals surface area contributed by atoms with Crippen LogP contribution < -0.4 is 10.1 Å². The first-order valence-electron chi connectivity index (χ1n) is 6.44. The van der Waals surface area contributed by atoms with E-state index < -0.39 is 0 Å². The zero-order chi connectivity index (χ0) is 14.7. The summed E-state index contributed by atoms with van der Waals surface area (Å²) < 4.78 is 7.32. The van der Waals surface area contributed by atoms with Crippen LogP contribution in [0.3, 0.4) is 0 Å². The number of nitrogens with zero attached hydrogens (tertiary/aromatic N) is 2. The molecule has 0 radical (unpaired) electrons. The summed E-state index contributed by atoms with van der Waals surface area (Å²) in [6.45, 7) is 5.75. The van der Waals surface area contributed by atoms with Crippen LogP contribution in [0, 0.1) is 13.8 Å². The summed E-state index contributed by atoms with van der Waals surface area (Å²) in [4.78, 5) is 13.0. The average Bonchev–Trinajstić information content (AvgIpc) is 2.98. The summed E-state index contributed by atoms with van der Waals surface area (Å²) in [5.74, 6) is 0.556. The number of carbonyl (C=O) groups is 1. The Kier molecular flexibility index (Phi) is 4.44. The largest absolute Gasteiger partial charge is 0.480 e. The van der Waals surface area contributed by atoms with Gasteiger partial charge in [0.05, 0.1) is 11.7 Å². The molecule has 0 saturated heterocycles. The van der Waals surface area contributed by atoms with Gasteiger partial charge >= 0.3 is 0 Å². The summed E-state index contributed by atoms with van der Waals surface area (Å²) in [5.41, 5.74) is 1.71. The summed E-state index contributed by atoms with van der Waals surface area (Å²) in [6.07, 6.45) is 0. The van der Waals surface area contributed by atoms with Crippen molar-refractivity contribution in [2.45, 2.75) is 26.8 Å². The molecule has 5 nitrogen and oxygen atoms in total. The molecule has 108 valence electrons. The number of rotatable bonds is 5. The van der Waals surface area contributed by atoms with E-state index in [9.17, 15) is 4.79 Å². The van der Waals surface area contributed by atoms with Crippen LogP contribution in [0.4, 0.5) is 0 Å². The van der Waals surface area contributed by atoms with Crippen molar-refractivity contribution in [2.75, 3.05) is 6.61 Å². The smallest absolute Gasteiger partial charge is 0.258 e. The van der Waals surface area contributed by atoms with Gasteiger partial charge in [0.15, 0.2) is 12.4 Å². The van der Waals surface area contributed by atoms with E-state index in [1.807, 2.05) is 45.3 Å². The first kappa shape index (κ1) is 14.6. The number of aromatic nitrogens is 2. The molecule has 2 rings (SSSR count). The maximum atomic E-state index is 11.9. The van der Waals surface area contributed by atoms with Gasteiger partial charge in [-0.3, -0.25) is 9.48 Å². The molecule has 1 unspecified atom stereocenters. The molecule has 2 aromatic heterocycles. The van der Waals surface area contributed by atoms with Crippen LogP contribution in [0.1, 0.15) is 29.2 Å². The van der Waals surface area contributed by atoms with E-state index in [-0.39, 0.29) is 18.6 Å². The minimum absolute atomic E-state index is 0.00203. The van der Waals surface area contributed by atoms with Gasteiger partial charge in [0.1, 0.15) is 5.69 Å².